The number of hydrogen-bond donors (Lipinski definition) is 0. The Labute approximate surface area is 121 Å². The van der Waals surface area contributed by atoms with Gasteiger partial charge in [-0.2, -0.15) is 13.2 Å². The molecular weight excluding hydrogens is 279 g/mol. The molecule has 2 rings (SSSR count). The smallest absolute Gasteiger partial charge is 0.383 e. The van der Waals surface area contributed by atoms with E-state index in [9.17, 15) is 13.2 Å². The summed E-state index contributed by atoms with van der Waals surface area (Å²) in [5, 5.41) is 3.74. The predicted molar refractivity (Wildman–Crippen MR) is 75.9 cm³/mol. The van der Waals surface area contributed by atoms with Crippen LogP contribution in [0.4, 0.5) is 13.2 Å². The van der Waals surface area contributed by atoms with Crippen molar-refractivity contribution in [3.8, 4) is 0 Å². The molecule has 0 spiro atoms. The average Bonchev–Trinajstić information content (AvgIpc) is 2.48. The molecule has 2 nitrogen and oxygen atoms in total. The molecule has 0 saturated heterocycles. The van der Waals surface area contributed by atoms with Crippen molar-refractivity contribution in [1.82, 2.24) is 0 Å². The van der Waals surface area contributed by atoms with Gasteiger partial charge in [0.15, 0.2) is 6.10 Å². The zero-order valence-corrected chi connectivity index (χ0v) is 11.6. The van der Waals surface area contributed by atoms with Crippen LogP contribution in [0.1, 0.15) is 37.0 Å². The molecule has 0 N–H and O–H groups in total. The lowest BCUT2D eigenvalue weighted by molar-refractivity contribution is -0.137. The number of hydrogen-bond acceptors (Lipinski definition) is 2. The second-order valence-electron chi connectivity index (χ2n) is 4.68. The zero-order chi connectivity index (χ0) is 15.3. The van der Waals surface area contributed by atoms with Gasteiger partial charge in [-0.05, 0) is 43.0 Å². The highest BCUT2D eigenvalue weighted by Crippen LogP contribution is 2.35. The van der Waals surface area contributed by atoms with Crippen LogP contribution in [0.15, 0.2) is 53.2 Å². The molecule has 1 aromatic carbocycles. The van der Waals surface area contributed by atoms with Crippen molar-refractivity contribution in [2.75, 3.05) is 0 Å². The molecule has 0 heterocycles. The maximum Gasteiger partial charge on any atom is 0.416 e. The monoisotopic (exact) mass is 295 g/mol. The Morgan fingerprint density at radius 3 is 2.76 bits per heavy atom. The standard InChI is InChI=1S/C16H16F3NO/c1-2-20-21-15(12-7-4-3-5-8-12)13-9-6-10-14(11-13)16(17,18)19/h2-4,6-7,9-11,15H,5,8H2,1H3. The fraction of sp³-hybridized carbons (Fsp3) is 0.312. The third-order valence-electron chi connectivity index (χ3n) is 3.17. The first-order valence-corrected chi connectivity index (χ1v) is 6.69. The summed E-state index contributed by atoms with van der Waals surface area (Å²) in [7, 11) is 0. The van der Waals surface area contributed by atoms with Gasteiger partial charge in [0, 0.05) is 6.21 Å². The van der Waals surface area contributed by atoms with Gasteiger partial charge in [-0.1, -0.05) is 35.5 Å². The molecule has 5 heteroatoms. The Bertz CT molecular complexity index is 573. The summed E-state index contributed by atoms with van der Waals surface area (Å²) in [6.45, 7) is 1.69. The number of rotatable bonds is 4. The van der Waals surface area contributed by atoms with Crippen LogP contribution >= 0.6 is 0 Å². The van der Waals surface area contributed by atoms with E-state index < -0.39 is 17.8 Å². The summed E-state index contributed by atoms with van der Waals surface area (Å²) in [6.07, 6.45) is 3.88. The van der Waals surface area contributed by atoms with E-state index in [1.807, 2.05) is 18.2 Å². The zero-order valence-electron chi connectivity index (χ0n) is 11.6. The van der Waals surface area contributed by atoms with E-state index in [1.165, 1.54) is 12.3 Å². The summed E-state index contributed by atoms with van der Waals surface area (Å²) in [5.74, 6) is 0. The van der Waals surface area contributed by atoms with Gasteiger partial charge in [-0.3, -0.25) is 0 Å². The van der Waals surface area contributed by atoms with Crippen molar-refractivity contribution in [1.29, 1.82) is 0 Å². The number of allylic oxidation sites excluding steroid dienone is 3. The minimum absolute atomic E-state index is 0.456. The number of alkyl halides is 3. The van der Waals surface area contributed by atoms with Crippen molar-refractivity contribution >= 4 is 6.21 Å². The topological polar surface area (TPSA) is 21.6 Å². The van der Waals surface area contributed by atoms with Gasteiger partial charge in [0.05, 0.1) is 5.56 Å². The highest BCUT2D eigenvalue weighted by atomic mass is 19.4. The van der Waals surface area contributed by atoms with Gasteiger partial charge in [-0.15, -0.1) is 0 Å². The first-order chi connectivity index (χ1) is 10.0. The van der Waals surface area contributed by atoms with Gasteiger partial charge < -0.3 is 4.84 Å². The van der Waals surface area contributed by atoms with E-state index in [1.54, 1.807) is 13.0 Å². The first kappa shape index (κ1) is 15.4. The van der Waals surface area contributed by atoms with E-state index >= 15 is 0 Å². The molecule has 21 heavy (non-hydrogen) atoms. The Morgan fingerprint density at radius 2 is 2.14 bits per heavy atom. The molecule has 0 saturated carbocycles. The summed E-state index contributed by atoms with van der Waals surface area (Å²) >= 11 is 0. The lowest BCUT2D eigenvalue weighted by Crippen LogP contribution is -2.10. The van der Waals surface area contributed by atoms with E-state index in [4.69, 9.17) is 4.84 Å². The van der Waals surface area contributed by atoms with Crippen LogP contribution in [0.2, 0.25) is 0 Å². The normalized spacial score (nSPS) is 16.9. The summed E-state index contributed by atoms with van der Waals surface area (Å²) < 4.78 is 38.5. The minimum atomic E-state index is -4.37. The number of benzene rings is 1. The Kier molecular flexibility index (Phi) is 4.83. The molecule has 0 radical (unpaired) electrons. The first-order valence-electron chi connectivity index (χ1n) is 6.69. The second-order valence-corrected chi connectivity index (χ2v) is 4.68. The molecule has 1 aliphatic rings. The van der Waals surface area contributed by atoms with Crippen molar-refractivity contribution in [2.45, 2.75) is 32.0 Å². The van der Waals surface area contributed by atoms with Crippen LogP contribution in [0.5, 0.6) is 0 Å². The van der Waals surface area contributed by atoms with Crippen LogP contribution in [0, 0.1) is 0 Å². The molecule has 0 amide bonds. The van der Waals surface area contributed by atoms with Crippen LogP contribution in [-0.2, 0) is 11.0 Å². The fourth-order valence-electron chi connectivity index (χ4n) is 2.18. The molecular formula is C16H16F3NO. The quantitative estimate of drug-likeness (QED) is 0.563. The van der Waals surface area contributed by atoms with Crippen molar-refractivity contribution in [3.63, 3.8) is 0 Å². The third kappa shape index (κ3) is 3.97. The van der Waals surface area contributed by atoms with Gasteiger partial charge in [0.2, 0.25) is 0 Å². The van der Waals surface area contributed by atoms with Crippen LogP contribution < -0.4 is 0 Å². The molecule has 1 aliphatic carbocycles. The Hall–Kier alpha value is -2.04. The number of halogens is 3. The predicted octanol–water partition coefficient (Wildman–Crippen LogP) is 5.05. The van der Waals surface area contributed by atoms with Crippen LogP contribution in [0.3, 0.4) is 0 Å². The number of oxime groups is 1. The van der Waals surface area contributed by atoms with Crippen molar-refractivity contribution in [3.05, 3.63) is 59.2 Å². The maximum absolute atomic E-state index is 12.8. The largest absolute Gasteiger partial charge is 0.416 e. The van der Waals surface area contributed by atoms with Crippen LogP contribution in [-0.4, -0.2) is 6.21 Å². The van der Waals surface area contributed by atoms with Crippen molar-refractivity contribution < 1.29 is 18.0 Å². The Balaban J connectivity index is 2.36. The molecule has 1 unspecified atom stereocenters. The SMILES string of the molecule is CC=NOC(C1=CC=CCC1)c1cccc(C(F)(F)F)c1. The summed E-state index contributed by atoms with van der Waals surface area (Å²) in [4.78, 5) is 5.38. The molecule has 0 bridgehead atoms. The lowest BCUT2D eigenvalue weighted by atomic mass is 9.94. The summed E-state index contributed by atoms with van der Waals surface area (Å²) in [6, 6.07) is 5.20. The molecule has 1 aromatic rings. The highest BCUT2D eigenvalue weighted by Gasteiger charge is 2.31. The molecule has 112 valence electrons. The fourth-order valence-corrected chi connectivity index (χ4v) is 2.18. The molecule has 0 aliphatic heterocycles. The third-order valence-corrected chi connectivity index (χ3v) is 3.17. The van der Waals surface area contributed by atoms with Gasteiger partial charge in [-0.25, -0.2) is 0 Å². The van der Waals surface area contributed by atoms with Gasteiger partial charge >= 0.3 is 6.18 Å². The van der Waals surface area contributed by atoms with Crippen LogP contribution in [0.25, 0.3) is 0 Å². The van der Waals surface area contributed by atoms with E-state index in [-0.39, 0.29) is 0 Å². The van der Waals surface area contributed by atoms with Gasteiger partial charge in [0.1, 0.15) is 0 Å². The van der Waals surface area contributed by atoms with E-state index in [0.29, 0.717) is 5.56 Å². The second kappa shape index (κ2) is 6.61. The maximum atomic E-state index is 12.8. The van der Waals surface area contributed by atoms with Crippen molar-refractivity contribution in [2.24, 2.45) is 5.16 Å². The number of nitrogens with zero attached hydrogens (tertiary/aromatic N) is 1. The average molecular weight is 295 g/mol. The molecule has 0 fully saturated rings. The molecule has 1 atom stereocenters. The van der Waals surface area contributed by atoms with Gasteiger partial charge in [0.25, 0.3) is 0 Å². The minimum Gasteiger partial charge on any atom is -0.383 e. The molecule has 0 aromatic heterocycles. The highest BCUT2D eigenvalue weighted by molar-refractivity contribution is 5.52. The lowest BCUT2D eigenvalue weighted by Gasteiger charge is -2.21. The summed E-state index contributed by atoms with van der Waals surface area (Å²) in [5.41, 5.74) is 0.695. The van der Waals surface area contributed by atoms with E-state index in [2.05, 4.69) is 5.16 Å². The van der Waals surface area contributed by atoms with E-state index in [0.717, 1.165) is 30.5 Å². The Morgan fingerprint density at radius 1 is 1.33 bits per heavy atom.